The van der Waals surface area contributed by atoms with Crippen LogP contribution >= 0.6 is 0 Å². The number of amides is 2. The summed E-state index contributed by atoms with van der Waals surface area (Å²) in [6, 6.07) is 20.9. The van der Waals surface area contributed by atoms with E-state index in [4.69, 9.17) is 5.73 Å². The van der Waals surface area contributed by atoms with E-state index < -0.39 is 11.9 Å². The van der Waals surface area contributed by atoms with Gasteiger partial charge in [0.15, 0.2) is 0 Å². The highest BCUT2D eigenvalue weighted by Crippen LogP contribution is 2.30. The van der Waals surface area contributed by atoms with Crippen molar-refractivity contribution in [2.24, 2.45) is 11.7 Å². The van der Waals surface area contributed by atoms with Crippen molar-refractivity contribution < 1.29 is 9.59 Å². The first-order chi connectivity index (χ1) is 15.6. The second-order valence-corrected chi connectivity index (χ2v) is 8.31. The lowest BCUT2D eigenvalue weighted by atomic mass is 9.92. The van der Waals surface area contributed by atoms with Gasteiger partial charge < -0.3 is 15.6 Å². The maximum Gasteiger partial charge on any atom is 0.254 e. The van der Waals surface area contributed by atoms with Gasteiger partial charge in [0, 0.05) is 46.7 Å². The molecule has 1 saturated heterocycles. The van der Waals surface area contributed by atoms with Crippen molar-refractivity contribution >= 4 is 22.7 Å². The van der Waals surface area contributed by atoms with Crippen LogP contribution in [0.3, 0.4) is 0 Å². The smallest absolute Gasteiger partial charge is 0.254 e. The van der Waals surface area contributed by atoms with Crippen molar-refractivity contribution in [2.75, 3.05) is 6.54 Å². The lowest BCUT2D eigenvalue weighted by Gasteiger charge is -2.26. The lowest BCUT2D eigenvalue weighted by molar-refractivity contribution is -0.122. The highest BCUT2D eigenvalue weighted by atomic mass is 16.2. The number of likely N-dealkylation sites (tertiary alicyclic amines) is 1. The van der Waals surface area contributed by atoms with Gasteiger partial charge in [0.1, 0.15) is 6.04 Å². The lowest BCUT2D eigenvalue weighted by Crippen LogP contribution is -2.47. The summed E-state index contributed by atoms with van der Waals surface area (Å²) >= 11 is 0. The molecule has 2 atom stereocenters. The minimum Gasteiger partial charge on any atom is -0.368 e. The Morgan fingerprint density at radius 3 is 2.56 bits per heavy atom. The number of pyridine rings is 1. The summed E-state index contributed by atoms with van der Waals surface area (Å²) in [6.45, 7) is 0.523. The molecule has 1 aliphatic rings. The number of aromatic amines is 1. The van der Waals surface area contributed by atoms with Crippen molar-refractivity contribution in [3.63, 3.8) is 0 Å². The Balaban J connectivity index is 1.40. The number of benzene rings is 2. The normalized spacial score (nSPS) is 18.2. The van der Waals surface area contributed by atoms with E-state index in [0.29, 0.717) is 12.1 Å². The zero-order chi connectivity index (χ0) is 22.1. The van der Waals surface area contributed by atoms with E-state index in [1.165, 1.54) is 0 Å². The molecule has 0 radical (unpaired) electrons. The highest BCUT2D eigenvalue weighted by Gasteiger charge is 2.40. The zero-order valence-corrected chi connectivity index (χ0v) is 17.6. The van der Waals surface area contributed by atoms with Crippen molar-refractivity contribution in [3.05, 3.63) is 90.3 Å². The molecule has 2 amide bonds. The number of nitrogens with two attached hydrogens (primary N) is 1. The van der Waals surface area contributed by atoms with Gasteiger partial charge in [-0.2, -0.15) is 0 Å². The SMILES string of the molecule is NC(=O)[C@@H]1C(Cc2ccccc2)CCN1C(=O)c1ccc2cc(-c3ccncc3)[nH]c2c1. The largest absolute Gasteiger partial charge is 0.368 e. The molecule has 3 heterocycles. The standard InChI is InChI=1S/C26H24N4O2/c27-25(31)24-20(14-17-4-2-1-3-5-17)10-13-30(24)26(32)21-7-6-19-15-22(29-23(19)16-21)18-8-11-28-12-9-18/h1-9,11-12,15-16,20,24,29H,10,13-14H2,(H2,27,31)/t20?,24-/m0/s1. The Morgan fingerprint density at radius 2 is 1.81 bits per heavy atom. The van der Waals surface area contributed by atoms with Crippen molar-refractivity contribution in [1.29, 1.82) is 0 Å². The minimum atomic E-state index is -0.602. The van der Waals surface area contributed by atoms with Crippen LogP contribution in [0.5, 0.6) is 0 Å². The molecule has 32 heavy (non-hydrogen) atoms. The summed E-state index contributed by atoms with van der Waals surface area (Å²) in [7, 11) is 0. The maximum absolute atomic E-state index is 13.4. The minimum absolute atomic E-state index is 0.0198. The first-order valence-corrected chi connectivity index (χ1v) is 10.8. The van der Waals surface area contributed by atoms with Gasteiger partial charge in [0.05, 0.1) is 0 Å². The van der Waals surface area contributed by atoms with E-state index in [1.807, 2.05) is 60.7 Å². The van der Waals surface area contributed by atoms with E-state index in [2.05, 4.69) is 16.0 Å². The van der Waals surface area contributed by atoms with E-state index in [1.54, 1.807) is 17.3 Å². The summed E-state index contributed by atoms with van der Waals surface area (Å²) in [4.78, 5) is 34.8. The van der Waals surface area contributed by atoms with Crippen LogP contribution in [-0.4, -0.2) is 39.3 Å². The van der Waals surface area contributed by atoms with E-state index >= 15 is 0 Å². The molecule has 0 spiro atoms. The third kappa shape index (κ3) is 3.75. The van der Waals surface area contributed by atoms with Crippen LogP contribution in [-0.2, 0) is 11.2 Å². The van der Waals surface area contributed by atoms with Crippen LogP contribution in [0.15, 0.2) is 79.1 Å². The highest BCUT2D eigenvalue weighted by molar-refractivity contribution is 6.01. The molecule has 0 saturated carbocycles. The van der Waals surface area contributed by atoms with Gasteiger partial charge in [0.2, 0.25) is 5.91 Å². The summed E-state index contributed by atoms with van der Waals surface area (Å²) in [6.07, 6.45) is 4.98. The van der Waals surface area contributed by atoms with Crippen LogP contribution < -0.4 is 5.73 Å². The topological polar surface area (TPSA) is 92.1 Å². The third-order valence-electron chi connectivity index (χ3n) is 6.28. The van der Waals surface area contributed by atoms with Gasteiger partial charge in [-0.15, -0.1) is 0 Å². The monoisotopic (exact) mass is 424 g/mol. The second-order valence-electron chi connectivity index (χ2n) is 8.31. The van der Waals surface area contributed by atoms with Crippen LogP contribution in [0.2, 0.25) is 0 Å². The van der Waals surface area contributed by atoms with Gasteiger partial charge in [-0.1, -0.05) is 36.4 Å². The molecule has 160 valence electrons. The number of H-pyrrole nitrogens is 1. The van der Waals surface area contributed by atoms with E-state index in [0.717, 1.165) is 40.6 Å². The summed E-state index contributed by atoms with van der Waals surface area (Å²) in [5.74, 6) is -0.588. The van der Waals surface area contributed by atoms with Crippen molar-refractivity contribution in [1.82, 2.24) is 14.9 Å². The zero-order valence-electron chi connectivity index (χ0n) is 17.6. The first-order valence-electron chi connectivity index (χ1n) is 10.8. The summed E-state index contributed by atoms with van der Waals surface area (Å²) in [5.41, 5.74) is 10.3. The molecule has 3 N–H and O–H groups in total. The molecular formula is C26H24N4O2. The fraction of sp³-hybridized carbons (Fsp3) is 0.192. The number of fused-ring (bicyclic) bond motifs is 1. The number of rotatable bonds is 5. The predicted molar refractivity (Wildman–Crippen MR) is 124 cm³/mol. The quantitative estimate of drug-likeness (QED) is 0.511. The number of hydrogen-bond acceptors (Lipinski definition) is 3. The molecular weight excluding hydrogens is 400 g/mol. The molecule has 1 aliphatic heterocycles. The summed E-state index contributed by atoms with van der Waals surface area (Å²) in [5, 5.41) is 1.02. The molecule has 4 aromatic rings. The molecule has 5 rings (SSSR count). The van der Waals surface area contributed by atoms with E-state index in [9.17, 15) is 9.59 Å². The second kappa shape index (κ2) is 8.30. The van der Waals surface area contributed by atoms with Gasteiger partial charge in [-0.05, 0) is 54.7 Å². The fourth-order valence-corrected chi connectivity index (χ4v) is 4.71. The third-order valence-corrected chi connectivity index (χ3v) is 6.28. The van der Waals surface area contributed by atoms with Gasteiger partial charge in [-0.3, -0.25) is 14.6 Å². The van der Waals surface area contributed by atoms with Gasteiger partial charge in [-0.25, -0.2) is 0 Å². The molecule has 2 aromatic carbocycles. The molecule has 6 heteroatoms. The summed E-state index contributed by atoms with van der Waals surface area (Å²) < 4.78 is 0. The maximum atomic E-state index is 13.4. The number of carbonyl (C=O) groups is 2. The molecule has 1 unspecified atom stereocenters. The van der Waals surface area contributed by atoms with E-state index in [-0.39, 0.29) is 11.8 Å². The van der Waals surface area contributed by atoms with Gasteiger partial charge in [0.25, 0.3) is 5.91 Å². The molecule has 0 aliphatic carbocycles. The molecule has 6 nitrogen and oxygen atoms in total. The number of carbonyl (C=O) groups excluding carboxylic acids is 2. The Bertz CT molecular complexity index is 1270. The van der Waals surface area contributed by atoms with Crippen molar-refractivity contribution in [2.45, 2.75) is 18.9 Å². The fourth-order valence-electron chi connectivity index (χ4n) is 4.71. The Hall–Kier alpha value is -3.93. The van der Waals surface area contributed by atoms with Crippen LogP contribution in [0.1, 0.15) is 22.3 Å². The Morgan fingerprint density at radius 1 is 1.03 bits per heavy atom. The van der Waals surface area contributed by atoms with Crippen LogP contribution in [0.4, 0.5) is 0 Å². The first kappa shape index (κ1) is 20.0. The van der Waals surface area contributed by atoms with Gasteiger partial charge >= 0.3 is 0 Å². The predicted octanol–water partition coefficient (Wildman–Crippen LogP) is 3.79. The number of nitrogens with one attached hydrogen (secondary N) is 1. The van der Waals surface area contributed by atoms with Crippen LogP contribution in [0, 0.1) is 5.92 Å². The molecule has 0 bridgehead atoms. The number of hydrogen-bond donors (Lipinski definition) is 2. The number of primary amides is 1. The Labute approximate surface area is 186 Å². The van der Waals surface area contributed by atoms with Crippen LogP contribution in [0.25, 0.3) is 22.2 Å². The number of aromatic nitrogens is 2. The average Bonchev–Trinajstić information content (AvgIpc) is 3.44. The average molecular weight is 425 g/mol. The molecule has 1 fully saturated rings. The molecule has 2 aromatic heterocycles. The van der Waals surface area contributed by atoms with Crippen molar-refractivity contribution in [3.8, 4) is 11.3 Å². The Kier molecular flexibility index (Phi) is 5.19. The number of nitrogens with zero attached hydrogens (tertiary/aromatic N) is 2.